The molecule has 0 aliphatic carbocycles. The van der Waals surface area contributed by atoms with Crippen LogP contribution in [0.2, 0.25) is 0 Å². The van der Waals surface area contributed by atoms with Crippen molar-refractivity contribution >= 4 is 21.4 Å². The van der Waals surface area contributed by atoms with Crippen LogP contribution in [0.5, 0.6) is 5.75 Å². The van der Waals surface area contributed by atoms with E-state index in [9.17, 15) is 8.42 Å². The molecule has 0 fully saturated rings. The van der Waals surface area contributed by atoms with Crippen LogP contribution in [0.15, 0.2) is 18.2 Å². The molecule has 0 aromatic heterocycles. The summed E-state index contributed by atoms with van der Waals surface area (Å²) in [6.45, 7) is 3.75. The quantitative estimate of drug-likeness (QED) is 0.473. The second-order valence-electron chi connectivity index (χ2n) is 4.55. The van der Waals surface area contributed by atoms with Crippen molar-refractivity contribution < 1.29 is 13.2 Å². The van der Waals surface area contributed by atoms with E-state index in [2.05, 4.69) is 10.0 Å². The van der Waals surface area contributed by atoms with Crippen LogP contribution >= 0.6 is 0 Å². The van der Waals surface area contributed by atoms with Crippen LogP contribution in [0, 0.1) is 0 Å². The van der Waals surface area contributed by atoms with Crippen molar-refractivity contribution in [2.24, 2.45) is 0 Å². The van der Waals surface area contributed by atoms with Crippen LogP contribution in [-0.4, -0.2) is 34.4 Å². The van der Waals surface area contributed by atoms with Crippen LogP contribution in [0.1, 0.15) is 19.8 Å². The topological polar surface area (TPSA) is 93.5 Å². The van der Waals surface area contributed by atoms with Crippen LogP contribution in [0.4, 0.5) is 11.4 Å². The standard InChI is InChI=1S/C13H23N3O3S/c1-3-9-19-13-10-11(5-6-12(13)14)15-7-4-8-16-20(2,17)18/h5-6,10,15-16H,3-4,7-9,14H2,1-2H3. The molecule has 0 aliphatic heterocycles. The van der Waals surface area contributed by atoms with Crippen LogP contribution < -0.4 is 20.5 Å². The van der Waals surface area contributed by atoms with E-state index in [1.807, 2.05) is 19.1 Å². The average Bonchev–Trinajstić information content (AvgIpc) is 2.37. The van der Waals surface area contributed by atoms with Gasteiger partial charge in [-0.2, -0.15) is 0 Å². The Morgan fingerprint density at radius 1 is 1.30 bits per heavy atom. The highest BCUT2D eigenvalue weighted by atomic mass is 32.2. The summed E-state index contributed by atoms with van der Waals surface area (Å²) in [6, 6.07) is 5.52. The van der Waals surface area contributed by atoms with Crippen molar-refractivity contribution in [1.29, 1.82) is 0 Å². The maximum absolute atomic E-state index is 10.9. The van der Waals surface area contributed by atoms with Crippen molar-refractivity contribution in [3.63, 3.8) is 0 Å². The third kappa shape index (κ3) is 6.63. The smallest absolute Gasteiger partial charge is 0.208 e. The number of nitrogens with one attached hydrogen (secondary N) is 2. The predicted molar refractivity (Wildman–Crippen MR) is 82.6 cm³/mol. The van der Waals surface area contributed by atoms with Gasteiger partial charge < -0.3 is 15.8 Å². The van der Waals surface area contributed by atoms with Gasteiger partial charge >= 0.3 is 0 Å². The fourth-order valence-electron chi connectivity index (χ4n) is 1.56. The van der Waals surface area contributed by atoms with Gasteiger partial charge in [-0.1, -0.05) is 6.92 Å². The van der Waals surface area contributed by atoms with Gasteiger partial charge in [0.1, 0.15) is 5.75 Å². The van der Waals surface area contributed by atoms with E-state index in [4.69, 9.17) is 10.5 Å². The fourth-order valence-corrected chi connectivity index (χ4v) is 2.08. The molecular formula is C13H23N3O3S. The predicted octanol–water partition coefficient (Wildman–Crippen LogP) is 1.41. The highest BCUT2D eigenvalue weighted by Crippen LogP contribution is 2.25. The average molecular weight is 301 g/mol. The first-order chi connectivity index (χ1) is 9.42. The zero-order valence-electron chi connectivity index (χ0n) is 12.0. The molecule has 0 amide bonds. The van der Waals surface area contributed by atoms with Crippen molar-refractivity contribution in [1.82, 2.24) is 4.72 Å². The van der Waals surface area contributed by atoms with Crippen molar-refractivity contribution in [2.75, 3.05) is 37.0 Å². The third-order valence-electron chi connectivity index (χ3n) is 2.52. The minimum atomic E-state index is -3.11. The molecule has 6 nitrogen and oxygen atoms in total. The second kappa shape index (κ2) is 7.96. The minimum absolute atomic E-state index is 0.417. The maximum atomic E-state index is 10.9. The van der Waals surface area contributed by atoms with Crippen LogP contribution in [0.3, 0.4) is 0 Å². The number of sulfonamides is 1. The molecule has 20 heavy (non-hydrogen) atoms. The lowest BCUT2D eigenvalue weighted by Crippen LogP contribution is -2.24. The van der Waals surface area contributed by atoms with Gasteiger partial charge in [-0.25, -0.2) is 13.1 Å². The normalized spacial score (nSPS) is 11.3. The molecule has 0 radical (unpaired) electrons. The SMILES string of the molecule is CCCOc1cc(NCCCNS(C)(=O)=O)ccc1N. The molecule has 0 saturated heterocycles. The molecule has 1 rings (SSSR count). The van der Waals surface area contributed by atoms with Gasteiger partial charge in [0, 0.05) is 24.8 Å². The summed E-state index contributed by atoms with van der Waals surface area (Å²) < 4.78 is 29.8. The number of hydrogen-bond acceptors (Lipinski definition) is 5. The molecule has 0 spiro atoms. The number of hydrogen-bond donors (Lipinski definition) is 3. The molecule has 114 valence electrons. The summed E-state index contributed by atoms with van der Waals surface area (Å²) >= 11 is 0. The largest absolute Gasteiger partial charge is 0.491 e. The molecule has 0 atom stereocenters. The lowest BCUT2D eigenvalue weighted by molar-refractivity contribution is 0.319. The van der Waals surface area contributed by atoms with Gasteiger partial charge in [-0.3, -0.25) is 0 Å². The summed E-state index contributed by atoms with van der Waals surface area (Å²) in [6.07, 6.45) is 2.77. The monoisotopic (exact) mass is 301 g/mol. The molecule has 1 aromatic carbocycles. The summed E-state index contributed by atoms with van der Waals surface area (Å²) in [7, 11) is -3.11. The van der Waals surface area contributed by atoms with E-state index >= 15 is 0 Å². The Hall–Kier alpha value is -1.47. The van der Waals surface area contributed by atoms with Gasteiger partial charge in [-0.15, -0.1) is 0 Å². The minimum Gasteiger partial charge on any atom is -0.491 e. The van der Waals surface area contributed by atoms with Gasteiger partial charge in [0.2, 0.25) is 10.0 Å². The van der Waals surface area contributed by atoms with E-state index in [1.54, 1.807) is 6.07 Å². The van der Waals surface area contributed by atoms with Crippen LogP contribution in [-0.2, 0) is 10.0 Å². The molecule has 7 heteroatoms. The van der Waals surface area contributed by atoms with E-state index < -0.39 is 10.0 Å². The van der Waals surface area contributed by atoms with Crippen LogP contribution in [0.25, 0.3) is 0 Å². The van der Waals surface area contributed by atoms with Crippen molar-refractivity contribution in [3.8, 4) is 5.75 Å². The highest BCUT2D eigenvalue weighted by Gasteiger charge is 2.02. The Bertz CT molecular complexity index is 518. The molecule has 1 aromatic rings. The lowest BCUT2D eigenvalue weighted by Gasteiger charge is -2.11. The number of rotatable bonds is 9. The van der Waals surface area contributed by atoms with Gasteiger partial charge in [-0.05, 0) is 25.0 Å². The molecule has 0 heterocycles. The number of anilines is 2. The number of nitrogens with two attached hydrogens (primary N) is 1. The second-order valence-corrected chi connectivity index (χ2v) is 6.38. The van der Waals surface area contributed by atoms with E-state index in [0.717, 1.165) is 18.4 Å². The molecule has 0 bridgehead atoms. The Morgan fingerprint density at radius 3 is 2.70 bits per heavy atom. The summed E-state index contributed by atoms with van der Waals surface area (Å²) in [5, 5.41) is 3.20. The Morgan fingerprint density at radius 2 is 2.05 bits per heavy atom. The first kappa shape index (κ1) is 16.6. The van der Waals surface area contributed by atoms with E-state index in [0.29, 0.717) is 37.6 Å². The van der Waals surface area contributed by atoms with Gasteiger partial charge in [0.15, 0.2) is 0 Å². The zero-order chi connectivity index (χ0) is 15.0. The number of nitrogen functional groups attached to an aromatic ring is 1. The molecule has 0 aliphatic rings. The summed E-state index contributed by atoms with van der Waals surface area (Å²) in [5.74, 6) is 0.672. The maximum Gasteiger partial charge on any atom is 0.208 e. The fraction of sp³-hybridized carbons (Fsp3) is 0.538. The number of benzene rings is 1. The number of ether oxygens (including phenoxy) is 1. The first-order valence-electron chi connectivity index (χ1n) is 6.63. The Kier molecular flexibility index (Phi) is 6.60. The molecule has 0 unspecified atom stereocenters. The molecule has 0 saturated carbocycles. The van der Waals surface area contributed by atoms with Crippen molar-refractivity contribution in [2.45, 2.75) is 19.8 Å². The zero-order valence-corrected chi connectivity index (χ0v) is 12.8. The summed E-state index contributed by atoms with van der Waals surface area (Å²) in [4.78, 5) is 0. The van der Waals surface area contributed by atoms with Gasteiger partial charge in [0.25, 0.3) is 0 Å². The van der Waals surface area contributed by atoms with Gasteiger partial charge in [0.05, 0.1) is 18.6 Å². The van der Waals surface area contributed by atoms with E-state index in [-0.39, 0.29) is 0 Å². The summed E-state index contributed by atoms with van der Waals surface area (Å²) in [5.41, 5.74) is 7.35. The third-order valence-corrected chi connectivity index (χ3v) is 3.25. The molecule has 4 N–H and O–H groups in total. The first-order valence-corrected chi connectivity index (χ1v) is 8.52. The Labute approximate surface area is 120 Å². The van der Waals surface area contributed by atoms with Crippen molar-refractivity contribution in [3.05, 3.63) is 18.2 Å². The van der Waals surface area contributed by atoms with E-state index in [1.165, 1.54) is 0 Å². The highest BCUT2D eigenvalue weighted by molar-refractivity contribution is 7.88. The lowest BCUT2D eigenvalue weighted by atomic mass is 10.2. The molecular weight excluding hydrogens is 278 g/mol. The Balaban J connectivity index is 2.40.